The van der Waals surface area contributed by atoms with Crippen molar-refractivity contribution in [3.63, 3.8) is 0 Å². The third kappa shape index (κ3) is 3.74. The number of sulfonamides is 1. The van der Waals surface area contributed by atoms with Crippen LogP contribution >= 0.6 is 0 Å². The lowest BCUT2D eigenvalue weighted by molar-refractivity contribution is -0.121. The predicted molar refractivity (Wildman–Crippen MR) is 103 cm³/mol. The molecule has 1 atom stereocenters. The molecule has 0 aliphatic carbocycles. The van der Waals surface area contributed by atoms with E-state index >= 15 is 0 Å². The van der Waals surface area contributed by atoms with Gasteiger partial charge in [0.05, 0.1) is 12.3 Å². The fourth-order valence-corrected chi connectivity index (χ4v) is 4.82. The highest BCUT2D eigenvalue weighted by atomic mass is 32.2. The molecule has 0 bridgehead atoms. The zero-order valence-electron chi connectivity index (χ0n) is 14.7. The number of rotatable bonds is 5. The molecule has 1 fully saturated rings. The number of para-hydroxylation sites is 1. The van der Waals surface area contributed by atoms with E-state index in [4.69, 9.17) is 4.42 Å². The molecule has 1 aliphatic rings. The van der Waals surface area contributed by atoms with Crippen molar-refractivity contribution in [2.24, 2.45) is 0 Å². The molecule has 7 heteroatoms. The highest BCUT2D eigenvalue weighted by Crippen LogP contribution is 2.28. The molecule has 4 rings (SSSR count). The van der Waals surface area contributed by atoms with E-state index in [-0.39, 0.29) is 18.2 Å². The van der Waals surface area contributed by atoms with Crippen molar-refractivity contribution in [3.05, 3.63) is 72.0 Å². The van der Waals surface area contributed by atoms with Crippen LogP contribution in [0.4, 0.5) is 0 Å². The van der Waals surface area contributed by atoms with E-state index in [0.29, 0.717) is 18.7 Å². The maximum absolute atomic E-state index is 12.6. The van der Waals surface area contributed by atoms with Crippen molar-refractivity contribution in [3.8, 4) is 0 Å². The van der Waals surface area contributed by atoms with Gasteiger partial charge in [-0.05, 0) is 24.1 Å². The van der Waals surface area contributed by atoms with Gasteiger partial charge in [-0.25, -0.2) is 8.42 Å². The average Bonchev–Trinajstić information content (AvgIpc) is 3.23. The number of carbonyl (C=O) groups is 1. The van der Waals surface area contributed by atoms with Crippen LogP contribution in [0.15, 0.2) is 65.1 Å². The van der Waals surface area contributed by atoms with Crippen molar-refractivity contribution in [2.75, 3.05) is 18.8 Å². The first-order valence-electron chi connectivity index (χ1n) is 8.83. The van der Waals surface area contributed by atoms with Crippen molar-refractivity contribution in [1.29, 1.82) is 0 Å². The summed E-state index contributed by atoms with van der Waals surface area (Å²) >= 11 is 0. The van der Waals surface area contributed by atoms with Gasteiger partial charge >= 0.3 is 0 Å². The van der Waals surface area contributed by atoms with Crippen LogP contribution in [-0.2, 0) is 14.8 Å². The van der Waals surface area contributed by atoms with Crippen LogP contribution in [0.5, 0.6) is 0 Å². The second kappa shape index (κ2) is 7.17. The molecule has 1 amide bonds. The third-order valence-corrected chi connectivity index (χ3v) is 6.59. The molecule has 1 aliphatic heterocycles. The fraction of sp³-hybridized carbons (Fsp3) is 0.250. The number of benzene rings is 2. The summed E-state index contributed by atoms with van der Waals surface area (Å²) in [6, 6.07) is 18.6. The molecular formula is C20H20N2O4S. The summed E-state index contributed by atoms with van der Waals surface area (Å²) in [6.45, 7) is 0.211. The second-order valence-corrected chi connectivity index (χ2v) is 8.69. The van der Waals surface area contributed by atoms with E-state index in [1.165, 1.54) is 4.31 Å². The first-order chi connectivity index (χ1) is 13.0. The molecule has 1 N–H and O–H groups in total. The standard InChI is InChI=1S/C20H20N2O4S/c23-19(14-22-11-6-12-27(22,24)25)21-20(15-7-2-1-3-8-15)18-13-16-9-4-5-10-17(16)26-18/h1-5,7-10,13,20H,6,11-12,14H2,(H,21,23). The molecule has 3 aromatic rings. The minimum atomic E-state index is -3.32. The number of fused-ring (bicyclic) bond motifs is 1. The first-order valence-corrected chi connectivity index (χ1v) is 10.4. The number of furan rings is 1. The summed E-state index contributed by atoms with van der Waals surface area (Å²) in [6.07, 6.45) is 0.557. The van der Waals surface area contributed by atoms with E-state index in [2.05, 4.69) is 5.32 Å². The second-order valence-electron chi connectivity index (χ2n) is 6.60. The smallest absolute Gasteiger partial charge is 0.236 e. The van der Waals surface area contributed by atoms with Gasteiger partial charge in [-0.2, -0.15) is 4.31 Å². The molecule has 0 saturated carbocycles. The van der Waals surface area contributed by atoms with Crippen LogP contribution in [-0.4, -0.2) is 37.5 Å². The maximum atomic E-state index is 12.6. The van der Waals surface area contributed by atoms with Gasteiger partial charge in [-0.15, -0.1) is 0 Å². The molecule has 2 heterocycles. The van der Waals surface area contributed by atoms with Crippen LogP contribution in [0.3, 0.4) is 0 Å². The Morgan fingerprint density at radius 3 is 2.56 bits per heavy atom. The summed E-state index contributed by atoms with van der Waals surface area (Å²) < 4.78 is 31.1. The Hall–Kier alpha value is -2.64. The zero-order valence-corrected chi connectivity index (χ0v) is 15.5. The topological polar surface area (TPSA) is 79.6 Å². The average molecular weight is 384 g/mol. The molecule has 2 aromatic carbocycles. The van der Waals surface area contributed by atoms with Crippen molar-refractivity contribution >= 4 is 26.9 Å². The molecule has 27 heavy (non-hydrogen) atoms. The number of nitrogens with one attached hydrogen (secondary N) is 1. The van der Waals surface area contributed by atoms with Gasteiger partial charge in [0.2, 0.25) is 15.9 Å². The van der Waals surface area contributed by atoms with Crippen LogP contribution in [0.25, 0.3) is 11.0 Å². The van der Waals surface area contributed by atoms with Crippen LogP contribution in [0, 0.1) is 0 Å². The lowest BCUT2D eigenvalue weighted by atomic mass is 10.0. The first kappa shape index (κ1) is 17.8. The highest BCUT2D eigenvalue weighted by Gasteiger charge is 2.31. The lowest BCUT2D eigenvalue weighted by Gasteiger charge is -2.19. The summed E-state index contributed by atoms with van der Waals surface area (Å²) in [4.78, 5) is 12.6. The maximum Gasteiger partial charge on any atom is 0.236 e. The fourth-order valence-electron chi connectivity index (χ4n) is 3.34. The van der Waals surface area contributed by atoms with Gasteiger partial charge < -0.3 is 9.73 Å². The summed E-state index contributed by atoms with van der Waals surface area (Å²) in [5, 5.41) is 3.89. The molecule has 0 radical (unpaired) electrons. The van der Waals surface area contributed by atoms with Gasteiger partial charge in [-0.1, -0.05) is 48.5 Å². The Bertz CT molecular complexity index is 1030. The highest BCUT2D eigenvalue weighted by molar-refractivity contribution is 7.89. The van der Waals surface area contributed by atoms with Gasteiger partial charge in [0.25, 0.3) is 0 Å². The van der Waals surface area contributed by atoms with Crippen molar-refractivity contribution < 1.29 is 17.6 Å². The van der Waals surface area contributed by atoms with Crippen molar-refractivity contribution in [2.45, 2.75) is 12.5 Å². The van der Waals surface area contributed by atoms with Crippen LogP contribution < -0.4 is 5.32 Å². The molecular weight excluding hydrogens is 364 g/mol. The van der Waals surface area contributed by atoms with Crippen LogP contribution in [0.1, 0.15) is 23.8 Å². The Labute approximate surface area is 157 Å². The minimum absolute atomic E-state index is 0.103. The normalized spacial score (nSPS) is 17.8. The number of carbonyl (C=O) groups excluding carboxylic acids is 1. The van der Waals surface area contributed by atoms with Gasteiger partial charge in [-0.3, -0.25) is 4.79 Å². The molecule has 1 saturated heterocycles. The predicted octanol–water partition coefficient (Wildman–Crippen LogP) is 2.67. The largest absolute Gasteiger partial charge is 0.459 e. The Balaban J connectivity index is 1.61. The molecule has 1 aromatic heterocycles. The summed E-state index contributed by atoms with van der Waals surface area (Å²) in [5.74, 6) is 0.362. The monoisotopic (exact) mass is 384 g/mol. The minimum Gasteiger partial charge on any atom is -0.459 e. The Kier molecular flexibility index (Phi) is 4.72. The quantitative estimate of drug-likeness (QED) is 0.733. The van der Waals surface area contributed by atoms with E-state index in [1.807, 2.05) is 60.7 Å². The molecule has 0 spiro atoms. The van der Waals surface area contributed by atoms with E-state index < -0.39 is 16.1 Å². The van der Waals surface area contributed by atoms with E-state index in [1.54, 1.807) is 0 Å². The Morgan fingerprint density at radius 1 is 1.11 bits per heavy atom. The molecule has 1 unspecified atom stereocenters. The van der Waals surface area contributed by atoms with E-state index in [0.717, 1.165) is 16.5 Å². The molecule has 6 nitrogen and oxygen atoms in total. The Morgan fingerprint density at radius 2 is 1.85 bits per heavy atom. The van der Waals surface area contributed by atoms with Crippen LogP contribution in [0.2, 0.25) is 0 Å². The van der Waals surface area contributed by atoms with E-state index in [9.17, 15) is 13.2 Å². The lowest BCUT2D eigenvalue weighted by Crippen LogP contribution is -2.39. The van der Waals surface area contributed by atoms with Gasteiger partial charge in [0.1, 0.15) is 17.4 Å². The van der Waals surface area contributed by atoms with Gasteiger partial charge in [0.15, 0.2) is 0 Å². The number of nitrogens with zero attached hydrogens (tertiary/aromatic N) is 1. The zero-order chi connectivity index (χ0) is 18.9. The summed E-state index contributed by atoms with van der Waals surface area (Å²) in [7, 11) is -3.32. The number of hydrogen-bond acceptors (Lipinski definition) is 4. The van der Waals surface area contributed by atoms with Gasteiger partial charge in [0, 0.05) is 11.9 Å². The van der Waals surface area contributed by atoms with Crippen molar-refractivity contribution in [1.82, 2.24) is 9.62 Å². The number of amides is 1. The summed E-state index contributed by atoms with van der Waals surface area (Å²) in [5.41, 5.74) is 1.61. The SMILES string of the molecule is O=C(CN1CCCS1(=O)=O)NC(c1ccccc1)c1cc2ccccc2o1. The number of hydrogen-bond donors (Lipinski definition) is 1. The third-order valence-electron chi connectivity index (χ3n) is 4.69. The molecule has 140 valence electrons.